The Morgan fingerprint density at radius 3 is 2.89 bits per heavy atom. The number of halogens is 1. The smallest absolute Gasteiger partial charge is 0.295 e. The molecule has 0 amide bonds. The van der Waals surface area contributed by atoms with Gasteiger partial charge in [-0.1, -0.05) is 23.7 Å². The Morgan fingerprint density at radius 1 is 1.39 bits per heavy atom. The van der Waals surface area contributed by atoms with Crippen molar-refractivity contribution in [2.45, 2.75) is 6.54 Å². The van der Waals surface area contributed by atoms with E-state index < -0.39 is 11.2 Å². The molecule has 1 N–H and O–H groups in total. The Balaban J connectivity index is 2.40. The number of hydrogen-bond acceptors (Lipinski definition) is 3. The van der Waals surface area contributed by atoms with Gasteiger partial charge >= 0.3 is 5.69 Å². The van der Waals surface area contributed by atoms with Gasteiger partial charge in [-0.3, -0.25) is 14.3 Å². The number of benzene rings is 1. The summed E-state index contributed by atoms with van der Waals surface area (Å²) in [4.78, 5) is 24.7. The van der Waals surface area contributed by atoms with Crippen molar-refractivity contribution in [3.05, 3.63) is 67.4 Å². The van der Waals surface area contributed by atoms with Crippen molar-refractivity contribution in [3.8, 4) is 6.07 Å². The highest BCUT2D eigenvalue weighted by Crippen LogP contribution is 2.06. The van der Waals surface area contributed by atoms with Gasteiger partial charge in [-0.25, -0.2) is 4.79 Å². The highest BCUT2D eigenvalue weighted by molar-refractivity contribution is 6.30. The van der Waals surface area contributed by atoms with Gasteiger partial charge in [-0.15, -0.1) is 0 Å². The van der Waals surface area contributed by atoms with Crippen LogP contribution < -0.4 is 11.2 Å². The van der Waals surface area contributed by atoms with Crippen LogP contribution in [-0.4, -0.2) is 9.55 Å². The minimum atomic E-state index is -0.608. The molecule has 5 nitrogen and oxygen atoms in total. The normalized spacial score (nSPS) is 10.0. The second kappa shape index (κ2) is 4.90. The first-order valence-electron chi connectivity index (χ1n) is 5.08. The molecule has 0 aliphatic carbocycles. The molecule has 1 heterocycles. The molecule has 2 rings (SSSR count). The minimum absolute atomic E-state index is 0.0500. The van der Waals surface area contributed by atoms with Gasteiger partial charge in [-0.05, 0) is 17.7 Å². The number of nitriles is 1. The summed E-state index contributed by atoms with van der Waals surface area (Å²) in [6, 6.07) is 8.87. The highest BCUT2D eigenvalue weighted by atomic mass is 35.5. The number of aromatic nitrogens is 2. The Bertz CT molecular complexity index is 740. The Labute approximate surface area is 107 Å². The number of nitrogens with zero attached hydrogens (tertiary/aromatic N) is 2. The molecule has 0 fully saturated rings. The standard InChI is InChI=1S/C12H8ClN3O2/c13-10-7-16(12(18)15-11(10)17)6-9-3-1-2-8(4-9)5-14/h1-4,7H,6H2,(H,15,17,18). The van der Waals surface area contributed by atoms with Crippen molar-refractivity contribution in [1.29, 1.82) is 5.26 Å². The molecule has 0 spiro atoms. The molecule has 90 valence electrons. The van der Waals surface area contributed by atoms with Crippen molar-refractivity contribution >= 4 is 11.6 Å². The summed E-state index contributed by atoms with van der Waals surface area (Å²) >= 11 is 5.65. The van der Waals surface area contributed by atoms with Crippen LogP contribution in [0.25, 0.3) is 0 Å². The van der Waals surface area contributed by atoms with Crippen LogP contribution in [0.3, 0.4) is 0 Å². The van der Waals surface area contributed by atoms with E-state index in [1.54, 1.807) is 24.3 Å². The summed E-state index contributed by atoms with van der Waals surface area (Å²) < 4.78 is 1.28. The van der Waals surface area contributed by atoms with Crippen LogP contribution in [0.2, 0.25) is 5.02 Å². The number of H-pyrrole nitrogens is 1. The second-order valence-electron chi connectivity index (χ2n) is 3.68. The van der Waals surface area contributed by atoms with E-state index in [1.807, 2.05) is 6.07 Å². The molecular weight excluding hydrogens is 254 g/mol. The SMILES string of the molecule is N#Cc1cccc(Cn2cc(Cl)c(=O)[nH]c2=O)c1. The number of rotatable bonds is 2. The number of hydrogen-bond donors (Lipinski definition) is 1. The summed E-state index contributed by atoms with van der Waals surface area (Å²) in [5, 5.41) is 8.73. The van der Waals surface area contributed by atoms with E-state index in [2.05, 4.69) is 4.98 Å². The number of nitrogens with one attached hydrogen (secondary N) is 1. The van der Waals surface area contributed by atoms with Gasteiger partial charge in [0, 0.05) is 6.20 Å². The third-order valence-electron chi connectivity index (χ3n) is 2.38. The largest absolute Gasteiger partial charge is 0.328 e. The average molecular weight is 262 g/mol. The van der Waals surface area contributed by atoms with Crippen molar-refractivity contribution in [2.24, 2.45) is 0 Å². The molecule has 2 aromatic rings. The number of aromatic amines is 1. The predicted molar refractivity (Wildman–Crippen MR) is 66.6 cm³/mol. The van der Waals surface area contributed by atoms with Gasteiger partial charge in [0.15, 0.2) is 0 Å². The molecule has 18 heavy (non-hydrogen) atoms. The fourth-order valence-electron chi connectivity index (χ4n) is 1.54. The first-order valence-corrected chi connectivity index (χ1v) is 5.46. The topological polar surface area (TPSA) is 78.7 Å². The summed E-state index contributed by atoms with van der Waals surface area (Å²) in [6.45, 7) is 0.241. The minimum Gasteiger partial charge on any atom is -0.295 e. The Kier molecular flexibility index (Phi) is 3.31. The molecule has 1 aromatic carbocycles. The van der Waals surface area contributed by atoms with Crippen LogP contribution in [0.15, 0.2) is 40.1 Å². The van der Waals surface area contributed by atoms with Gasteiger partial charge in [0.2, 0.25) is 0 Å². The average Bonchev–Trinajstić information content (AvgIpc) is 2.36. The molecule has 0 bridgehead atoms. The molecule has 0 unspecified atom stereocenters. The lowest BCUT2D eigenvalue weighted by molar-refractivity contribution is 0.720. The van der Waals surface area contributed by atoms with E-state index in [4.69, 9.17) is 16.9 Å². The zero-order chi connectivity index (χ0) is 13.1. The maximum Gasteiger partial charge on any atom is 0.328 e. The van der Waals surface area contributed by atoms with E-state index >= 15 is 0 Å². The van der Waals surface area contributed by atoms with Crippen molar-refractivity contribution in [3.63, 3.8) is 0 Å². The van der Waals surface area contributed by atoms with E-state index in [9.17, 15) is 9.59 Å². The monoisotopic (exact) mass is 261 g/mol. The van der Waals surface area contributed by atoms with Crippen LogP contribution in [0.5, 0.6) is 0 Å². The summed E-state index contributed by atoms with van der Waals surface area (Å²) in [5.41, 5.74) is 0.144. The first kappa shape index (κ1) is 12.1. The fourth-order valence-corrected chi connectivity index (χ4v) is 1.70. The maximum absolute atomic E-state index is 11.5. The van der Waals surface area contributed by atoms with E-state index in [1.165, 1.54) is 10.8 Å². The third-order valence-corrected chi connectivity index (χ3v) is 2.65. The van der Waals surface area contributed by atoms with Crippen LogP contribution in [-0.2, 0) is 6.54 Å². The molecule has 0 saturated heterocycles. The van der Waals surface area contributed by atoms with Crippen molar-refractivity contribution in [2.75, 3.05) is 0 Å². The van der Waals surface area contributed by atoms with Crippen LogP contribution in [0, 0.1) is 11.3 Å². The molecular formula is C12H8ClN3O2. The Hall–Kier alpha value is -2.32. The molecule has 0 atom stereocenters. The fraction of sp³-hybridized carbons (Fsp3) is 0.0833. The van der Waals surface area contributed by atoms with Crippen molar-refractivity contribution in [1.82, 2.24) is 9.55 Å². The molecule has 0 aliphatic heterocycles. The van der Waals surface area contributed by atoms with Crippen LogP contribution >= 0.6 is 11.6 Å². The van der Waals surface area contributed by atoms with Gasteiger partial charge in [0.25, 0.3) is 5.56 Å². The third kappa shape index (κ3) is 2.50. The van der Waals surface area contributed by atoms with Gasteiger partial charge < -0.3 is 0 Å². The van der Waals surface area contributed by atoms with E-state index in [0.717, 1.165) is 5.56 Å². The van der Waals surface area contributed by atoms with E-state index in [0.29, 0.717) is 5.56 Å². The van der Waals surface area contributed by atoms with Gasteiger partial charge in [-0.2, -0.15) is 5.26 Å². The lowest BCUT2D eigenvalue weighted by Crippen LogP contribution is -2.29. The molecule has 0 radical (unpaired) electrons. The Morgan fingerprint density at radius 2 is 2.17 bits per heavy atom. The highest BCUT2D eigenvalue weighted by Gasteiger charge is 2.03. The molecule has 1 aromatic heterocycles. The summed E-state index contributed by atoms with van der Waals surface area (Å²) in [7, 11) is 0. The predicted octanol–water partition coefficient (Wildman–Crippen LogP) is 1.11. The van der Waals surface area contributed by atoms with Gasteiger partial charge in [0.05, 0.1) is 18.2 Å². The zero-order valence-corrected chi connectivity index (χ0v) is 9.94. The maximum atomic E-state index is 11.5. The molecule has 6 heteroatoms. The first-order chi connectivity index (χ1) is 8.60. The van der Waals surface area contributed by atoms with E-state index in [-0.39, 0.29) is 11.6 Å². The lowest BCUT2D eigenvalue weighted by atomic mass is 10.1. The van der Waals surface area contributed by atoms with Crippen molar-refractivity contribution < 1.29 is 0 Å². The summed E-state index contributed by atoms with van der Waals surface area (Å²) in [6.07, 6.45) is 1.28. The second-order valence-corrected chi connectivity index (χ2v) is 4.08. The van der Waals surface area contributed by atoms with Gasteiger partial charge in [0.1, 0.15) is 5.02 Å². The quantitative estimate of drug-likeness (QED) is 0.879. The molecule has 0 aliphatic rings. The molecule has 0 saturated carbocycles. The lowest BCUT2D eigenvalue weighted by Gasteiger charge is -2.05. The van der Waals surface area contributed by atoms with Crippen LogP contribution in [0.1, 0.15) is 11.1 Å². The zero-order valence-electron chi connectivity index (χ0n) is 9.18. The van der Waals surface area contributed by atoms with Crippen LogP contribution in [0.4, 0.5) is 0 Å². The summed E-state index contributed by atoms with van der Waals surface area (Å²) in [5.74, 6) is 0.